The van der Waals surface area contributed by atoms with Crippen molar-refractivity contribution in [1.29, 1.82) is 0 Å². The molecule has 10 heteroatoms. The molecule has 0 unspecified atom stereocenters. The van der Waals surface area contributed by atoms with Gasteiger partial charge in [-0.3, -0.25) is 10.1 Å². The minimum absolute atomic E-state index is 0.0755. The maximum atomic E-state index is 10.8. The zero-order chi connectivity index (χ0) is 14.8. The van der Waals surface area contributed by atoms with Gasteiger partial charge in [0, 0.05) is 6.07 Å². The largest absolute Gasteiger partial charge is 0.275 e. The number of nitrogens with zero attached hydrogens (tertiary/aromatic N) is 6. The maximum absolute atomic E-state index is 10.8. The van der Waals surface area contributed by atoms with Gasteiger partial charge in [-0.05, 0) is 35.0 Å². The molecule has 1 aliphatic carbocycles. The van der Waals surface area contributed by atoms with Crippen LogP contribution >= 0.6 is 23.4 Å². The Labute approximate surface area is 129 Å². The second-order valence-corrected chi connectivity index (χ2v) is 6.06. The zero-order valence-corrected chi connectivity index (χ0v) is 12.4. The molecule has 0 atom stereocenters. The van der Waals surface area contributed by atoms with Crippen LogP contribution in [0.15, 0.2) is 22.3 Å². The second kappa shape index (κ2) is 5.94. The van der Waals surface area contributed by atoms with Gasteiger partial charge in [-0.15, -0.1) is 5.10 Å². The molecule has 1 saturated carbocycles. The molecule has 8 nitrogen and oxygen atoms in total. The summed E-state index contributed by atoms with van der Waals surface area (Å²) in [7, 11) is 0. The Balaban J connectivity index is 1.87. The lowest BCUT2D eigenvalue weighted by Gasteiger charge is -2.10. The smallest absolute Gasteiger partial charge is 0.258 e. The van der Waals surface area contributed by atoms with Crippen LogP contribution in [-0.4, -0.2) is 30.1 Å². The Hall–Kier alpha value is -1.74. The van der Waals surface area contributed by atoms with Gasteiger partial charge in [0.05, 0.1) is 17.0 Å². The zero-order valence-electron chi connectivity index (χ0n) is 10.8. The summed E-state index contributed by atoms with van der Waals surface area (Å²) in [5, 5.41) is 23.6. The van der Waals surface area contributed by atoms with Crippen LogP contribution in [0.2, 0.25) is 5.15 Å². The van der Waals surface area contributed by atoms with E-state index in [1.54, 1.807) is 4.68 Å². The van der Waals surface area contributed by atoms with E-state index in [1.165, 1.54) is 23.9 Å². The molecule has 3 rings (SSSR count). The predicted octanol–water partition coefficient (Wildman–Crippen LogP) is 2.90. The van der Waals surface area contributed by atoms with E-state index in [-0.39, 0.29) is 16.9 Å². The maximum Gasteiger partial charge on any atom is 0.275 e. The normalized spacial score (nSPS) is 15.5. The molecule has 1 aliphatic rings. The van der Waals surface area contributed by atoms with Gasteiger partial charge >= 0.3 is 0 Å². The standard InChI is InChI=1S/C11H11ClN6O2S/c12-9-5-8(18(19)20)6-10(13-9)21-11-14-15-16-17(11)7-3-1-2-4-7/h5-7H,1-4H2. The lowest BCUT2D eigenvalue weighted by atomic mass is 10.3. The van der Waals surface area contributed by atoms with Gasteiger partial charge in [0.25, 0.3) is 5.69 Å². The Bertz CT molecular complexity index is 672. The van der Waals surface area contributed by atoms with Crippen molar-refractivity contribution in [2.75, 3.05) is 0 Å². The lowest BCUT2D eigenvalue weighted by Crippen LogP contribution is -2.08. The fourth-order valence-electron chi connectivity index (χ4n) is 2.34. The molecule has 2 aromatic heterocycles. The lowest BCUT2D eigenvalue weighted by molar-refractivity contribution is -0.385. The topological polar surface area (TPSA) is 99.6 Å². The summed E-state index contributed by atoms with van der Waals surface area (Å²) in [6.07, 6.45) is 4.41. The molecular formula is C11H11ClN6O2S. The molecule has 2 aromatic rings. The van der Waals surface area contributed by atoms with E-state index in [9.17, 15) is 10.1 Å². The third-order valence-electron chi connectivity index (χ3n) is 3.30. The highest BCUT2D eigenvalue weighted by atomic mass is 35.5. The predicted molar refractivity (Wildman–Crippen MR) is 75.3 cm³/mol. The van der Waals surface area contributed by atoms with E-state index in [0.29, 0.717) is 10.2 Å². The van der Waals surface area contributed by atoms with Crippen molar-refractivity contribution in [3.05, 3.63) is 27.4 Å². The SMILES string of the molecule is O=[N+]([O-])c1cc(Cl)nc(Sc2nnnn2C2CCCC2)c1. The minimum Gasteiger partial charge on any atom is -0.258 e. The van der Waals surface area contributed by atoms with Gasteiger partial charge in [0.15, 0.2) is 0 Å². The van der Waals surface area contributed by atoms with Gasteiger partial charge in [-0.1, -0.05) is 24.4 Å². The summed E-state index contributed by atoms with van der Waals surface area (Å²) in [6.45, 7) is 0. The first-order chi connectivity index (χ1) is 10.1. The van der Waals surface area contributed by atoms with Crippen LogP contribution in [0.4, 0.5) is 5.69 Å². The van der Waals surface area contributed by atoms with Gasteiger partial charge in [0.1, 0.15) is 10.2 Å². The monoisotopic (exact) mass is 326 g/mol. The highest BCUT2D eigenvalue weighted by molar-refractivity contribution is 7.99. The van der Waals surface area contributed by atoms with Crippen LogP contribution in [0.1, 0.15) is 31.7 Å². The van der Waals surface area contributed by atoms with Crippen molar-refractivity contribution in [1.82, 2.24) is 25.2 Å². The molecule has 21 heavy (non-hydrogen) atoms. The molecule has 2 heterocycles. The first-order valence-corrected chi connectivity index (χ1v) is 7.60. The molecule has 0 saturated heterocycles. The third-order valence-corrected chi connectivity index (χ3v) is 4.36. The average Bonchev–Trinajstić information content (AvgIpc) is 3.08. The van der Waals surface area contributed by atoms with E-state index >= 15 is 0 Å². The highest BCUT2D eigenvalue weighted by Gasteiger charge is 2.22. The fourth-order valence-corrected chi connectivity index (χ4v) is 3.46. The molecule has 110 valence electrons. The summed E-state index contributed by atoms with van der Waals surface area (Å²) in [4.78, 5) is 14.4. The number of hydrogen-bond donors (Lipinski definition) is 0. The average molecular weight is 327 g/mol. The Morgan fingerprint density at radius 2 is 2.14 bits per heavy atom. The molecular weight excluding hydrogens is 316 g/mol. The van der Waals surface area contributed by atoms with Crippen molar-refractivity contribution < 1.29 is 4.92 Å². The van der Waals surface area contributed by atoms with Crippen molar-refractivity contribution in [3.63, 3.8) is 0 Å². The van der Waals surface area contributed by atoms with Gasteiger partial charge in [-0.2, -0.15) is 0 Å². The quantitative estimate of drug-likeness (QED) is 0.483. The van der Waals surface area contributed by atoms with Gasteiger partial charge in [0.2, 0.25) is 5.16 Å². The summed E-state index contributed by atoms with van der Waals surface area (Å²) < 4.78 is 1.77. The Morgan fingerprint density at radius 1 is 1.38 bits per heavy atom. The number of halogens is 1. The van der Waals surface area contributed by atoms with E-state index in [4.69, 9.17) is 11.6 Å². The Morgan fingerprint density at radius 3 is 2.86 bits per heavy atom. The molecule has 0 N–H and O–H groups in total. The van der Waals surface area contributed by atoms with Crippen molar-refractivity contribution in [2.45, 2.75) is 41.9 Å². The number of aromatic nitrogens is 5. The third kappa shape index (κ3) is 3.13. The summed E-state index contributed by atoms with van der Waals surface area (Å²) >= 11 is 6.99. The number of nitro groups is 1. The number of tetrazole rings is 1. The van der Waals surface area contributed by atoms with Crippen LogP contribution < -0.4 is 0 Å². The molecule has 1 fully saturated rings. The molecule has 0 bridgehead atoms. The highest BCUT2D eigenvalue weighted by Crippen LogP contribution is 2.34. The van der Waals surface area contributed by atoms with Crippen molar-refractivity contribution in [3.8, 4) is 0 Å². The minimum atomic E-state index is -0.502. The van der Waals surface area contributed by atoms with Gasteiger partial charge < -0.3 is 0 Å². The molecule has 0 amide bonds. The van der Waals surface area contributed by atoms with Crippen LogP contribution in [-0.2, 0) is 0 Å². The molecule has 0 aliphatic heterocycles. The first-order valence-electron chi connectivity index (χ1n) is 6.41. The molecule has 0 spiro atoms. The van der Waals surface area contributed by atoms with Crippen LogP contribution in [0.3, 0.4) is 0 Å². The fraction of sp³-hybridized carbons (Fsp3) is 0.455. The first kappa shape index (κ1) is 14.2. The van der Waals surface area contributed by atoms with Crippen LogP contribution in [0.5, 0.6) is 0 Å². The van der Waals surface area contributed by atoms with E-state index in [1.807, 2.05) is 0 Å². The van der Waals surface area contributed by atoms with E-state index in [0.717, 1.165) is 25.7 Å². The van der Waals surface area contributed by atoms with Crippen molar-refractivity contribution >= 4 is 29.1 Å². The number of pyridine rings is 1. The van der Waals surface area contributed by atoms with E-state index < -0.39 is 4.92 Å². The van der Waals surface area contributed by atoms with E-state index in [2.05, 4.69) is 20.5 Å². The van der Waals surface area contributed by atoms with Crippen LogP contribution in [0.25, 0.3) is 0 Å². The van der Waals surface area contributed by atoms with Crippen molar-refractivity contribution in [2.24, 2.45) is 0 Å². The van der Waals surface area contributed by atoms with Crippen LogP contribution in [0, 0.1) is 10.1 Å². The number of hydrogen-bond acceptors (Lipinski definition) is 7. The Kier molecular flexibility index (Phi) is 4.02. The second-order valence-electron chi connectivity index (χ2n) is 4.69. The molecule has 0 aromatic carbocycles. The summed E-state index contributed by atoms with van der Waals surface area (Å²) in [5.41, 5.74) is -0.0996. The van der Waals surface area contributed by atoms with Gasteiger partial charge in [-0.25, -0.2) is 9.67 Å². The molecule has 0 radical (unpaired) electrons. The summed E-state index contributed by atoms with van der Waals surface area (Å²) in [6, 6.07) is 2.87. The summed E-state index contributed by atoms with van der Waals surface area (Å²) in [5.74, 6) is 0. The number of rotatable bonds is 4.